The number of nitrogens with two attached hydrogens (primary N) is 1. The standard InChI is InChI=1S/C18H23FN4O4/c1-10-14-12(16(26)23(20)17(27)22(14)11-2-3-11)6-13(19)15(10)21-5-4-18(7-21,8-24)9-25/h6,11,24-25H,2-5,7-9,20H2,1H3. The highest BCUT2D eigenvalue weighted by molar-refractivity contribution is 5.87. The third-order valence-corrected chi connectivity index (χ3v) is 5.90. The molecule has 2 fully saturated rings. The second kappa shape index (κ2) is 6.07. The van der Waals surface area contributed by atoms with Crippen molar-refractivity contribution in [2.24, 2.45) is 5.41 Å². The Morgan fingerprint density at radius 3 is 2.52 bits per heavy atom. The lowest BCUT2D eigenvalue weighted by Gasteiger charge is -2.27. The first-order valence-electron chi connectivity index (χ1n) is 9.05. The Bertz CT molecular complexity index is 1040. The van der Waals surface area contributed by atoms with E-state index in [0.29, 0.717) is 41.0 Å². The molecule has 4 N–H and O–H groups in total. The Hall–Kier alpha value is -2.39. The molecule has 1 saturated heterocycles. The van der Waals surface area contributed by atoms with E-state index < -0.39 is 22.5 Å². The first-order chi connectivity index (χ1) is 12.8. The first kappa shape index (κ1) is 18.0. The predicted octanol–water partition coefficient (Wildman–Crippen LogP) is -0.159. The highest BCUT2D eigenvalue weighted by Crippen LogP contribution is 2.40. The van der Waals surface area contributed by atoms with Crippen molar-refractivity contribution in [2.75, 3.05) is 37.0 Å². The SMILES string of the molecule is Cc1c(N2CCC(CO)(CO)C2)c(F)cc2c(=O)n(N)c(=O)n(C3CC3)c12. The minimum absolute atomic E-state index is 0.0417. The van der Waals surface area contributed by atoms with Crippen LogP contribution >= 0.6 is 0 Å². The van der Waals surface area contributed by atoms with E-state index in [1.807, 2.05) is 0 Å². The zero-order valence-electron chi connectivity index (χ0n) is 15.1. The van der Waals surface area contributed by atoms with Gasteiger partial charge >= 0.3 is 5.69 Å². The largest absolute Gasteiger partial charge is 0.396 e. The molecular formula is C18H23FN4O4. The molecule has 0 amide bonds. The van der Waals surface area contributed by atoms with Crippen molar-refractivity contribution in [3.8, 4) is 0 Å². The number of aromatic nitrogens is 2. The summed E-state index contributed by atoms with van der Waals surface area (Å²) in [4.78, 5) is 26.8. The van der Waals surface area contributed by atoms with E-state index >= 15 is 4.39 Å². The molecule has 2 aromatic rings. The van der Waals surface area contributed by atoms with Gasteiger partial charge in [0.2, 0.25) is 0 Å². The maximum absolute atomic E-state index is 15.0. The summed E-state index contributed by atoms with van der Waals surface area (Å²) < 4.78 is 17.0. The predicted molar refractivity (Wildman–Crippen MR) is 99.0 cm³/mol. The van der Waals surface area contributed by atoms with Gasteiger partial charge in [0.15, 0.2) is 0 Å². The number of aryl methyl sites for hydroxylation is 1. The van der Waals surface area contributed by atoms with Crippen molar-refractivity contribution in [3.63, 3.8) is 0 Å². The summed E-state index contributed by atoms with van der Waals surface area (Å²) in [5, 5.41) is 19.4. The van der Waals surface area contributed by atoms with Crippen molar-refractivity contribution in [1.29, 1.82) is 0 Å². The molecular weight excluding hydrogens is 355 g/mol. The van der Waals surface area contributed by atoms with E-state index in [-0.39, 0.29) is 24.6 Å². The second-order valence-corrected chi connectivity index (χ2v) is 7.77. The summed E-state index contributed by atoms with van der Waals surface area (Å²) in [7, 11) is 0. The summed E-state index contributed by atoms with van der Waals surface area (Å²) in [6.07, 6.45) is 2.14. The van der Waals surface area contributed by atoms with Crippen molar-refractivity contribution in [1.82, 2.24) is 9.24 Å². The van der Waals surface area contributed by atoms with Crippen LogP contribution in [0.5, 0.6) is 0 Å². The molecule has 4 rings (SSSR count). The van der Waals surface area contributed by atoms with Crippen LogP contribution in [0.2, 0.25) is 0 Å². The van der Waals surface area contributed by atoms with Gasteiger partial charge in [-0.2, -0.15) is 4.68 Å². The van der Waals surface area contributed by atoms with E-state index in [4.69, 9.17) is 5.84 Å². The maximum atomic E-state index is 15.0. The van der Waals surface area contributed by atoms with Crippen LogP contribution in [0, 0.1) is 18.2 Å². The zero-order valence-corrected chi connectivity index (χ0v) is 15.1. The number of aliphatic hydroxyl groups is 2. The number of halogens is 1. The Labute approximate surface area is 154 Å². The molecule has 9 heteroatoms. The molecule has 2 heterocycles. The average molecular weight is 378 g/mol. The second-order valence-electron chi connectivity index (χ2n) is 7.77. The minimum atomic E-state index is -0.720. The lowest BCUT2D eigenvalue weighted by atomic mass is 9.89. The smallest absolute Gasteiger partial charge is 0.350 e. The van der Waals surface area contributed by atoms with Crippen LogP contribution in [0.4, 0.5) is 10.1 Å². The third kappa shape index (κ3) is 2.56. The van der Waals surface area contributed by atoms with Gasteiger partial charge in [0.25, 0.3) is 5.56 Å². The molecule has 1 saturated carbocycles. The number of hydrogen-bond donors (Lipinski definition) is 3. The molecule has 0 atom stereocenters. The fraction of sp³-hybridized carbons (Fsp3) is 0.556. The van der Waals surface area contributed by atoms with Crippen LogP contribution < -0.4 is 22.0 Å². The van der Waals surface area contributed by atoms with Crippen molar-refractivity contribution < 1.29 is 14.6 Å². The van der Waals surface area contributed by atoms with Crippen LogP contribution in [0.15, 0.2) is 15.7 Å². The topological polar surface area (TPSA) is 114 Å². The van der Waals surface area contributed by atoms with Crippen LogP contribution in [-0.2, 0) is 0 Å². The third-order valence-electron chi connectivity index (χ3n) is 5.90. The molecule has 0 spiro atoms. The minimum Gasteiger partial charge on any atom is -0.396 e. The highest BCUT2D eigenvalue weighted by atomic mass is 19.1. The molecule has 146 valence electrons. The van der Waals surface area contributed by atoms with Crippen LogP contribution in [-0.4, -0.2) is 45.8 Å². The fourth-order valence-corrected chi connectivity index (χ4v) is 4.15. The summed E-state index contributed by atoms with van der Waals surface area (Å²) in [5.41, 5.74) is -0.798. The normalized spacial score (nSPS) is 19.2. The Morgan fingerprint density at radius 1 is 1.30 bits per heavy atom. The lowest BCUT2D eigenvalue weighted by molar-refractivity contribution is 0.0727. The highest BCUT2D eigenvalue weighted by Gasteiger charge is 2.39. The first-order valence-corrected chi connectivity index (χ1v) is 9.05. The van der Waals surface area contributed by atoms with Gasteiger partial charge in [0.05, 0.1) is 29.8 Å². The van der Waals surface area contributed by atoms with Gasteiger partial charge in [-0.05, 0) is 32.3 Å². The van der Waals surface area contributed by atoms with Gasteiger partial charge < -0.3 is 21.0 Å². The summed E-state index contributed by atoms with van der Waals surface area (Å²) in [6.45, 7) is 2.06. The monoisotopic (exact) mass is 378 g/mol. The Balaban J connectivity index is 1.97. The molecule has 0 radical (unpaired) electrons. The number of hydrogen-bond acceptors (Lipinski definition) is 6. The molecule has 1 aliphatic heterocycles. The molecule has 27 heavy (non-hydrogen) atoms. The average Bonchev–Trinajstić information content (AvgIpc) is 3.40. The van der Waals surface area contributed by atoms with Gasteiger partial charge in [-0.15, -0.1) is 0 Å². The van der Waals surface area contributed by atoms with Gasteiger partial charge in [-0.1, -0.05) is 0 Å². The van der Waals surface area contributed by atoms with Gasteiger partial charge in [0, 0.05) is 30.1 Å². The molecule has 2 aliphatic rings. The van der Waals surface area contributed by atoms with E-state index in [0.717, 1.165) is 18.9 Å². The number of aliphatic hydroxyl groups excluding tert-OH is 2. The number of nitrogen functional groups attached to an aromatic ring is 1. The van der Waals surface area contributed by atoms with Crippen molar-refractivity contribution in [3.05, 3.63) is 38.3 Å². The number of fused-ring (bicyclic) bond motifs is 1. The van der Waals surface area contributed by atoms with E-state index in [1.165, 1.54) is 4.57 Å². The maximum Gasteiger partial charge on any atom is 0.350 e. The lowest BCUT2D eigenvalue weighted by Crippen LogP contribution is -2.44. The van der Waals surface area contributed by atoms with E-state index in [1.54, 1.807) is 11.8 Å². The number of nitrogens with zero attached hydrogens (tertiary/aromatic N) is 3. The Morgan fingerprint density at radius 2 is 1.96 bits per heavy atom. The van der Waals surface area contributed by atoms with Gasteiger partial charge in [-0.25, -0.2) is 9.18 Å². The molecule has 0 bridgehead atoms. The molecule has 8 nitrogen and oxygen atoms in total. The van der Waals surface area contributed by atoms with Crippen LogP contribution in [0.1, 0.15) is 30.9 Å². The number of rotatable bonds is 4. The van der Waals surface area contributed by atoms with Crippen molar-refractivity contribution in [2.45, 2.75) is 32.2 Å². The molecule has 1 aromatic heterocycles. The fourth-order valence-electron chi connectivity index (χ4n) is 4.15. The van der Waals surface area contributed by atoms with E-state index in [2.05, 4.69) is 0 Å². The zero-order chi connectivity index (χ0) is 19.5. The number of benzene rings is 1. The molecule has 0 unspecified atom stereocenters. The summed E-state index contributed by atoms with van der Waals surface area (Å²) in [5.74, 6) is 5.05. The summed E-state index contributed by atoms with van der Waals surface area (Å²) in [6, 6.07) is 1.10. The van der Waals surface area contributed by atoms with E-state index in [9.17, 15) is 19.8 Å². The Kier molecular flexibility index (Phi) is 4.04. The van der Waals surface area contributed by atoms with Crippen LogP contribution in [0.25, 0.3) is 10.9 Å². The quantitative estimate of drug-likeness (QED) is 0.637. The van der Waals surface area contributed by atoms with Crippen molar-refractivity contribution >= 4 is 16.6 Å². The number of anilines is 1. The van der Waals surface area contributed by atoms with Gasteiger partial charge in [0.1, 0.15) is 5.82 Å². The molecule has 1 aliphatic carbocycles. The molecule has 1 aromatic carbocycles. The summed E-state index contributed by atoms with van der Waals surface area (Å²) >= 11 is 0. The van der Waals surface area contributed by atoms with Crippen LogP contribution in [0.3, 0.4) is 0 Å². The van der Waals surface area contributed by atoms with Gasteiger partial charge in [-0.3, -0.25) is 9.36 Å².